The van der Waals surface area contributed by atoms with Crippen LogP contribution in [0.2, 0.25) is 0 Å². The Morgan fingerprint density at radius 2 is 2.05 bits per heavy atom. The molecule has 1 aromatic carbocycles. The van der Waals surface area contributed by atoms with E-state index in [1.54, 1.807) is 24.3 Å². The van der Waals surface area contributed by atoms with E-state index in [1.165, 1.54) is 7.11 Å². The first-order valence-electron chi connectivity index (χ1n) is 7.59. The van der Waals surface area contributed by atoms with Crippen molar-refractivity contribution in [2.45, 2.75) is 50.5 Å². The smallest absolute Gasteiger partial charge is 0.178 e. The molecular weight excluding hydrogens is 286 g/mol. The lowest BCUT2D eigenvalue weighted by Crippen LogP contribution is -2.26. The van der Waals surface area contributed by atoms with E-state index < -0.39 is 9.84 Å². The van der Waals surface area contributed by atoms with Gasteiger partial charge in [0.25, 0.3) is 0 Å². The maximum absolute atomic E-state index is 12.2. The van der Waals surface area contributed by atoms with Crippen molar-refractivity contribution in [3.8, 4) is 5.75 Å². The van der Waals surface area contributed by atoms with E-state index in [9.17, 15) is 8.42 Å². The van der Waals surface area contributed by atoms with Crippen LogP contribution in [-0.2, 0) is 9.84 Å². The van der Waals surface area contributed by atoms with E-state index in [-0.39, 0.29) is 5.75 Å². The Kier molecular flexibility index (Phi) is 7.75. The van der Waals surface area contributed by atoms with E-state index in [0.717, 1.165) is 25.8 Å². The van der Waals surface area contributed by atoms with Crippen molar-refractivity contribution in [1.29, 1.82) is 0 Å². The molecule has 1 aromatic rings. The number of hydrogen-bond donors (Lipinski definition) is 1. The van der Waals surface area contributed by atoms with Gasteiger partial charge in [-0.1, -0.05) is 19.4 Å². The Balaban J connectivity index is 2.42. The second-order valence-corrected chi connectivity index (χ2v) is 7.46. The van der Waals surface area contributed by atoms with Crippen LogP contribution in [0.3, 0.4) is 0 Å². The van der Waals surface area contributed by atoms with Gasteiger partial charge in [-0.3, -0.25) is 0 Å². The minimum Gasteiger partial charge on any atom is -0.497 e. The molecule has 0 saturated heterocycles. The Hall–Kier alpha value is -1.07. The van der Waals surface area contributed by atoms with Gasteiger partial charge in [-0.15, -0.1) is 0 Å². The van der Waals surface area contributed by atoms with E-state index >= 15 is 0 Å². The van der Waals surface area contributed by atoms with Crippen molar-refractivity contribution < 1.29 is 13.2 Å². The van der Waals surface area contributed by atoms with Gasteiger partial charge in [0.1, 0.15) is 5.75 Å². The molecule has 0 aliphatic carbocycles. The normalized spacial score (nSPS) is 13.1. The molecule has 0 aliphatic heterocycles. The summed E-state index contributed by atoms with van der Waals surface area (Å²) in [5.41, 5.74) is 0. The fourth-order valence-electron chi connectivity index (χ4n) is 2.15. The van der Waals surface area contributed by atoms with E-state index in [4.69, 9.17) is 4.74 Å². The molecule has 0 heterocycles. The van der Waals surface area contributed by atoms with E-state index in [0.29, 0.717) is 23.1 Å². The first-order valence-corrected chi connectivity index (χ1v) is 9.25. The van der Waals surface area contributed by atoms with Gasteiger partial charge in [0, 0.05) is 6.04 Å². The van der Waals surface area contributed by atoms with Crippen molar-refractivity contribution in [2.75, 3.05) is 19.4 Å². The van der Waals surface area contributed by atoms with Gasteiger partial charge in [0.15, 0.2) is 9.84 Å². The molecule has 1 unspecified atom stereocenters. The van der Waals surface area contributed by atoms with Crippen molar-refractivity contribution >= 4 is 9.84 Å². The predicted molar refractivity (Wildman–Crippen MR) is 86.7 cm³/mol. The number of ether oxygens (including phenoxy) is 1. The molecule has 0 saturated carbocycles. The third kappa shape index (κ3) is 6.48. The first-order chi connectivity index (χ1) is 9.99. The lowest BCUT2D eigenvalue weighted by atomic mass is 10.1. The van der Waals surface area contributed by atoms with Crippen LogP contribution in [0.25, 0.3) is 0 Å². The third-order valence-corrected chi connectivity index (χ3v) is 5.24. The highest BCUT2D eigenvalue weighted by Gasteiger charge is 2.14. The van der Waals surface area contributed by atoms with E-state index in [2.05, 4.69) is 19.2 Å². The van der Waals surface area contributed by atoms with Gasteiger partial charge >= 0.3 is 0 Å². The molecule has 0 amide bonds. The molecule has 1 rings (SSSR count). The fraction of sp³-hybridized carbons (Fsp3) is 0.625. The third-order valence-electron chi connectivity index (χ3n) is 3.44. The highest BCUT2D eigenvalue weighted by atomic mass is 32.2. The Bertz CT molecular complexity index is 514. The quantitative estimate of drug-likeness (QED) is 0.675. The molecule has 0 spiro atoms. The molecule has 0 aromatic heterocycles. The second kappa shape index (κ2) is 9.05. The van der Waals surface area contributed by atoms with Gasteiger partial charge in [0.05, 0.1) is 17.8 Å². The first kappa shape index (κ1) is 18.0. The molecular formula is C16H27NO3S. The van der Waals surface area contributed by atoms with Crippen LogP contribution in [0.5, 0.6) is 5.75 Å². The molecule has 0 radical (unpaired) electrons. The van der Waals surface area contributed by atoms with Crippen molar-refractivity contribution in [3.05, 3.63) is 24.3 Å². The summed E-state index contributed by atoms with van der Waals surface area (Å²) in [6.07, 6.45) is 3.74. The van der Waals surface area contributed by atoms with Crippen LogP contribution in [0, 0.1) is 0 Å². The largest absolute Gasteiger partial charge is 0.497 e. The number of benzene rings is 1. The minimum atomic E-state index is -3.21. The molecule has 5 heteroatoms. The number of unbranched alkanes of at least 4 members (excludes halogenated alkanes) is 1. The van der Waals surface area contributed by atoms with Gasteiger partial charge < -0.3 is 10.1 Å². The summed E-state index contributed by atoms with van der Waals surface area (Å²) in [7, 11) is -1.67. The number of nitrogens with one attached hydrogen (secondary N) is 1. The summed E-state index contributed by atoms with van der Waals surface area (Å²) < 4.78 is 29.6. The monoisotopic (exact) mass is 313 g/mol. The zero-order chi connectivity index (χ0) is 15.7. The SMILES string of the molecule is CCCNC(C)CCCCS(=O)(=O)c1cccc(OC)c1. The summed E-state index contributed by atoms with van der Waals surface area (Å²) in [4.78, 5) is 0.346. The zero-order valence-corrected chi connectivity index (χ0v) is 14.1. The van der Waals surface area contributed by atoms with E-state index in [1.807, 2.05) is 0 Å². The summed E-state index contributed by atoms with van der Waals surface area (Å²) in [6, 6.07) is 7.12. The molecule has 4 nitrogen and oxygen atoms in total. The summed E-state index contributed by atoms with van der Waals surface area (Å²) in [5, 5.41) is 3.41. The average Bonchev–Trinajstić information content (AvgIpc) is 2.49. The number of hydrogen-bond acceptors (Lipinski definition) is 4. The second-order valence-electron chi connectivity index (χ2n) is 5.35. The molecule has 0 fully saturated rings. The highest BCUT2D eigenvalue weighted by Crippen LogP contribution is 2.19. The lowest BCUT2D eigenvalue weighted by molar-refractivity contribution is 0.413. The Morgan fingerprint density at radius 1 is 1.29 bits per heavy atom. The molecule has 0 aliphatic rings. The highest BCUT2D eigenvalue weighted by molar-refractivity contribution is 7.91. The van der Waals surface area contributed by atoms with Crippen molar-refractivity contribution in [1.82, 2.24) is 5.32 Å². The predicted octanol–water partition coefficient (Wildman–Crippen LogP) is 3.03. The topological polar surface area (TPSA) is 55.4 Å². The van der Waals surface area contributed by atoms with Gasteiger partial charge in [-0.25, -0.2) is 8.42 Å². The zero-order valence-electron chi connectivity index (χ0n) is 13.3. The van der Waals surface area contributed by atoms with Crippen LogP contribution in [0.1, 0.15) is 39.5 Å². The maximum Gasteiger partial charge on any atom is 0.178 e. The van der Waals surface area contributed by atoms with Crippen LogP contribution >= 0.6 is 0 Å². The standard InChI is InChI=1S/C16H27NO3S/c1-4-11-17-14(2)8-5-6-12-21(18,19)16-10-7-9-15(13-16)20-3/h7,9-10,13-14,17H,4-6,8,11-12H2,1-3H3. The van der Waals surface area contributed by atoms with Gasteiger partial charge in [-0.2, -0.15) is 0 Å². The Labute approximate surface area is 128 Å². The molecule has 0 bridgehead atoms. The number of rotatable bonds is 10. The van der Waals surface area contributed by atoms with Crippen molar-refractivity contribution in [2.24, 2.45) is 0 Å². The molecule has 1 atom stereocenters. The molecule has 120 valence electrons. The van der Waals surface area contributed by atoms with Crippen LogP contribution in [0.15, 0.2) is 29.2 Å². The van der Waals surface area contributed by atoms with Gasteiger partial charge in [0.2, 0.25) is 0 Å². The maximum atomic E-state index is 12.2. The van der Waals surface area contributed by atoms with Crippen molar-refractivity contribution in [3.63, 3.8) is 0 Å². The molecule has 1 N–H and O–H groups in total. The lowest BCUT2D eigenvalue weighted by Gasteiger charge is -2.12. The number of methoxy groups -OCH3 is 1. The minimum absolute atomic E-state index is 0.195. The molecule has 21 heavy (non-hydrogen) atoms. The average molecular weight is 313 g/mol. The Morgan fingerprint density at radius 3 is 2.71 bits per heavy atom. The fourth-order valence-corrected chi connectivity index (χ4v) is 3.55. The van der Waals surface area contributed by atoms with Gasteiger partial charge in [-0.05, 0) is 50.9 Å². The summed E-state index contributed by atoms with van der Waals surface area (Å²) in [5.74, 6) is 0.772. The van der Waals surface area contributed by atoms with Crippen LogP contribution in [-0.4, -0.2) is 33.9 Å². The summed E-state index contributed by atoms with van der Waals surface area (Å²) in [6.45, 7) is 5.30. The number of sulfone groups is 1. The summed E-state index contributed by atoms with van der Waals surface area (Å²) >= 11 is 0. The van der Waals surface area contributed by atoms with Crippen LogP contribution in [0.4, 0.5) is 0 Å². The van der Waals surface area contributed by atoms with Crippen LogP contribution < -0.4 is 10.1 Å².